The first kappa shape index (κ1) is 19.0. The summed E-state index contributed by atoms with van der Waals surface area (Å²) in [4.78, 5) is 24.5. The van der Waals surface area contributed by atoms with Crippen LogP contribution in [0.1, 0.15) is 54.2 Å². The summed E-state index contributed by atoms with van der Waals surface area (Å²) in [5, 5.41) is 2.94. The minimum absolute atomic E-state index is 0.0141. The van der Waals surface area contributed by atoms with Gasteiger partial charge in [0.05, 0.1) is 6.04 Å². The molecule has 0 spiro atoms. The normalized spacial score (nSPS) is 13.7. The van der Waals surface area contributed by atoms with E-state index in [0.717, 1.165) is 17.7 Å². The van der Waals surface area contributed by atoms with Crippen molar-refractivity contribution in [1.29, 1.82) is 0 Å². The number of fused-ring (bicyclic) bond motifs is 1. The third-order valence-electron chi connectivity index (χ3n) is 4.71. The van der Waals surface area contributed by atoms with Crippen LogP contribution in [-0.2, 0) is 11.2 Å². The Kier molecular flexibility index (Phi) is 6.12. The van der Waals surface area contributed by atoms with E-state index in [9.17, 15) is 9.59 Å². The van der Waals surface area contributed by atoms with Gasteiger partial charge in [-0.25, -0.2) is 0 Å². The highest BCUT2D eigenvalue weighted by atomic mass is 16.6. The standard InChI is InChI=1S/C22H25NO4/c1-3-16-4-6-17(7-5-16)19(24)9-11-22(25)23-15(2)18-8-10-20-21(14-18)27-13-12-26-20/h4-8,10,14-15H,3,9,11-13H2,1-2H3,(H,23,25). The van der Waals surface area contributed by atoms with Crippen molar-refractivity contribution in [2.24, 2.45) is 0 Å². The lowest BCUT2D eigenvalue weighted by molar-refractivity contribution is -0.121. The Bertz CT molecular complexity index is 814. The molecular formula is C22H25NO4. The maximum atomic E-state index is 12.3. The van der Waals surface area contributed by atoms with Gasteiger partial charge in [0.25, 0.3) is 0 Å². The largest absolute Gasteiger partial charge is 0.486 e. The quantitative estimate of drug-likeness (QED) is 0.755. The smallest absolute Gasteiger partial charge is 0.220 e. The number of hydrogen-bond acceptors (Lipinski definition) is 4. The topological polar surface area (TPSA) is 64.6 Å². The van der Waals surface area contributed by atoms with Crippen molar-refractivity contribution >= 4 is 11.7 Å². The van der Waals surface area contributed by atoms with E-state index in [2.05, 4.69) is 12.2 Å². The molecular weight excluding hydrogens is 342 g/mol. The van der Waals surface area contributed by atoms with Crippen molar-refractivity contribution in [3.63, 3.8) is 0 Å². The number of rotatable bonds is 7. The molecule has 1 aliphatic heterocycles. The van der Waals surface area contributed by atoms with E-state index in [4.69, 9.17) is 9.47 Å². The van der Waals surface area contributed by atoms with Crippen molar-refractivity contribution < 1.29 is 19.1 Å². The lowest BCUT2D eigenvalue weighted by Crippen LogP contribution is -2.27. The van der Waals surface area contributed by atoms with Crippen LogP contribution in [-0.4, -0.2) is 24.9 Å². The maximum Gasteiger partial charge on any atom is 0.220 e. The second kappa shape index (κ2) is 8.71. The lowest BCUT2D eigenvalue weighted by atomic mass is 10.0. The number of ketones is 1. The Morgan fingerprint density at radius 2 is 1.70 bits per heavy atom. The molecule has 0 saturated carbocycles. The highest BCUT2D eigenvalue weighted by molar-refractivity contribution is 5.98. The number of hydrogen-bond donors (Lipinski definition) is 1. The number of ether oxygens (including phenoxy) is 2. The minimum Gasteiger partial charge on any atom is -0.486 e. The van der Waals surface area contributed by atoms with E-state index in [-0.39, 0.29) is 30.6 Å². The third-order valence-corrected chi connectivity index (χ3v) is 4.71. The predicted molar refractivity (Wildman–Crippen MR) is 103 cm³/mol. The molecule has 0 aliphatic carbocycles. The number of carbonyl (C=O) groups excluding carboxylic acids is 2. The van der Waals surface area contributed by atoms with Crippen LogP contribution in [0, 0.1) is 0 Å². The predicted octanol–water partition coefficient (Wildman–Crippen LogP) is 3.86. The second-order valence-electron chi connectivity index (χ2n) is 6.67. The fourth-order valence-electron chi connectivity index (χ4n) is 3.02. The first-order valence-corrected chi connectivity index (χ1v) is 9.38. The summed E-state index contributed by atoms with van der Waals surface area (Å²) in [5.41, 5.74) is 2.78. The Morgan fingerprint density at radius 1 is 1.00 bits per heavy atom. The molecule has 1 N–H and O–H groups in total. The van der Waals surface area contributed by atoms with Crippen molar-refractivity contribution in [1.82, 2.24) is 5.32 Å². The highest BCUT2D eigenvalue weighted by Crippen LogP contribution is 2.32. The monoisotopic (exact) mass is 367 g/mol. The molecule has 3 rings (SSSR count). The highest BCUT2D eigenvalue weighted by Gasteiger charge is 2.16. The van der Waals surface area contributed by atoms with Gasteiger partial charge >= 0.3 is 0 Å². The van der Waals surface area contributed by atoms with E-state index < -0.39 is 0 Å². The molecule has 0 radical (unpaired) electrons. The van der Waals surface area contributed by atoms with Crippen LogP contribution < -0.4 is 14.8 Å². The van der Waals surface area contributed by atoms with Gasteiger partial charge in [0.2, 0.25) is 5.91 Å². The zero-order valence-corrected chi connectivity index (χ0v) is 15.8. The fourth-order valence-corrected chi connectivity index (χ4v) is 3.02. The number of nitrogens with one attached hydrogen (secondary N) is 1. The molecule has 0 aromatic heterocycles. The summed E-state index contributed by atoms with van der Waals surface area (Å²) in [6.45, 7) is 5.06. The summed E-state index contributed by atoms with van der Waals surface area (Å²) >= 11 is 0. The van der Waals surface area contributed by atoms with Crippen LogP contribution in [0.25, 0.3) is 0 Å². The van der Waals surface area contributed by atoms with Crippen LogP contribution >= 0.6 is 0 Å². The van der Waals surface area contributed by atoms with Crippen LogP contribution in [0.15, 0.2) is 42.5 Å². The third kappa shape index (κ3) is 4.88. The van der Waals surface area contributed by atoms with Crippen LogP contribution in [0.2, 0.25) is 0 Å². The molecule has 142 valence electrons. The van der Waals surface area contributed by atoms with Crippen molar-refractivity contribution in [2.75, 3.05) is 13.2 Å². The number of aryl methyl sites for hydroxylation is 1. The SMILES string of the molecule is CCc1ccc(C(=O)CCC(=O)NC(C)c2ccc3c(c2)OCCO3)cc1. The zero-order valence-electron chi connectivity index (χ0n) is 15.8. The molecule has 1 unspecified atom stereocenters. The zero-order chi connectivity index (χ0) is 19.2. The summed E-state index contributed by atoms with van der Waals surface area (Å²) in [5.74, 6) is 1.27. The summed E-state index contributed by atoms with van der Waals surface area (Å²) in [7, 11) is 0. The first-order chi connectivity index (χ1) is 13.1. The molecule has 27 heavy (non-hydrogen) atoms. The molecule has 1 aliphatic rings. The van der Waals surface area contributed by atoms with Crippen molar-refractivity contribution in [2.45, 2.75) is 39.2 Å². The average molecular weight is 367 g/mol. The fraction of sp³-hybridized carbons (Fsp3) is 0.364. The van der Waals surface area contributed by atoms with Crippen molar-refractivity contribution in [3.8, 4) is 11.5 Å². The Balaban J connectivity index is 1.51. The summed E-state index contributed by atoms with van der Waals surface area (Å²) in [6.07, 6.45) is 1.31. The van der Waals surface area contributed by atoms with Gasteiger partial charge in [0.15, 0.2) is 17.3 Å². The van der Waals surface area contributed by atoms with Crippen molar-refractivity contribution in [3.05, 3.63) is 59.2 Å². The van der Waals surface area contributed by atoms with Gasteiger partial charge in [-0.15, -0.1) is 0 Å². The molecule has 5 nitrogen and oxygen atoms in total. The molecule has 1 heterocycles. The van der Waals surface area contributed by atoms with Gasteiger partial charge in [-0.3, -0.25) is 9.59 Å². The molecule has 0 fully saturated rings. The molecule has 5 heteroatoms. The maximum absolute atomic E-state index is 12.3. The molecule has 0 saturated heterocycles. The van der Waals surface area contributed by atoms with E-state index in [0.29, 0.717) is 24.5 Å². The second-order valence-corrected chi connectivity index (χ2v) is 6.67. The Labute approximate surface area is 159 Å². The minimum atomic E-state index is -0.174. The van der Waals surface area contributed by atoms with Gasteiger partial charge in [0.1, 0.15) is 13.2 Å². The number of carbonyl (C=O) groups is 2. The molecule has 1 amide bonds. The molecule has 1 atom stereocenters. The van der Waals surface area contributed by atoms with E-state index in [1.54, 1.807) is 0 Å². The molecule has 0 bridgehead atoms. The van der Waals surface area contributed by atoms with Gasteiger partial charge in [0, 0.05) is 18.4 Å². The lowest BCUT2D eigenvalue weighted by Gasteiger charge is -2.21. The summed E-state index contributed by atoms with van der Waals surface area (Å²) in [6, 6.07) is 13.1. The van der Waals surface area contributed by atoms with Crippen LogP contribution in [0.4, 0.5) is 0 Å². The van der Waals surface area contributed by atoms with Crippen LogP contribution in [0.3, 0.4) is 0 Å². The number of benzene rings is 2. The van der Waals surface area contributed by atoms with Gasteiger partial charge in [-0.2, -0.15) is 0 Å². The number of amides is 1. The summed E-state index contributed by atoms with van der Waals surface area (Å²) < 4.78 is 11.1. The Morgan fingerprint density at radius 3 is 2.41 bits per heavy atom. The van der Waals surface area contributed by atoms with Crippen LogP contribution in [0.5, 0.6) is 11.5 Å². The van der Waals surface area contributed by atoms with Gasteiger partial charge in [-0.1, -0.05) is 37.3 Å². The average Bonchev–Trinajstić information content (AvgIpc) is 2.71. The molecule has 2 aromatic carbocycles. The Hall–Kier alpha value is -2.82. The van der Waals surface area contributed by atoms with Gasteiger partial charge < -0.3 is 14.8 Å². The number of Topliss-reactive ketones (excluding diaryl/α,β-unsaturated/α-hetero) is 1. The van der Waals surface area contributed by atoms with E-state index >= 15 is 0 Å². The molecule has 2 aromatic rings. The van der Waals surface area contributed by atoms with E-state index in [1.807, 2.05) is 49.4 Å². The van der Waals surface area contributed by atoms with E-state index in [1.165, 1.54) is 5.56 Å². The van der Waals surface area contributed by atoms with Gasteiger partial charge in [-0.05, 0) is 36.6 Å². The first-order valence-electron chi connectivity index (χ1n) is 9.38.